The summed E-state index contributed by atoms with van der Waals surface area (Å²) in [7, 11) is 0. The van der Waals surface area contributed by atoms with Gasteiger partial charge in [0.15, 0.2) is 5.78 Å². The fourth-order valence-electron chi connectivity index (χ4n) is 2.75. The molecular weight excluding hydrogens is 355 g/mol. The third-order valence-electron chi connectivity index (χ3n) is 3.95. The van der Waals surface area contributed by atoms with E-state index in [1.54, 1.807) is 24.3 Å². The topological polar surface area (TPSA) is 97.1 Å². The van der Waals surface area contributed by atoms with Gasteiger partial charge in [0.2, 0.25) is 0 Å². The van der Waals surface area contributed by atoms with Gasteiger partial charge in [-0.1, -0.05) is 17.3 Å². The highest BCUT2D eigenvalue weighted by molar-refractivity contribution is 5.85. The van der Waals surface area contributed by atoms with Crippen molar-refractivity contribution in [1.82, 2.24) is 20.3 Å². The minimum Gasteiger partial charge on any atom is -0.391 e. The maximum absolute atomic E-state index is 12.3. The molecule has 2 N–H and O–H groups in total. The van der Waals surface area contributed by atoms with Crippen molar-refractivity contribution in [2.75, 3.05) is 6.54 Å². The molecule has 2 atom stereocenters. The van der Waals surface area contributed by atoms with Crippen LogP contribution in [0, 0.1) is 0 Å². The largest absolute Gasteiger partial charge is 0.391 e. The number of hydrogen-bond acceptors (Lipinski definition) is 6. The number of hydrogen-bond donors (Lipinski definition) is 2. The van der Waals surface area contributed by atoms with Crippen molar-refractivity contribution in [2.24, 2.45) is 0 Å². The Balaban J connectivity index is 0.00000144. The maximum atomic E-state index is 12.3. The number of ketones is 1. The zero-order valence-corrected chi connectivity index (χ0v) is 14.6. The molecule has 0 aliphatic carbocycles. The summed E-state index contributed by atoms with van der Waals surface area (Å²) in [6.45, 7) is 0.673. The van der Waals surface area contributed by atoms with Gasteiger partial charge in [0.1, 0.15) is 12.1 Å². The quantitative estimate of drug-likeness (QED) is 0.817. The highest BCUT2D eigenvalue weighted by atomic mass is 35.5. The zero-order chi connectivity index (χ0) is 15.5. The van der Waals surface area contributed by atoms with Crippen molar-refractivity contribution in [3.05, 3.63) is 34.6 Å². The van der Waals surface area contributed by atoms with E-state index in [4.69, 9.17) is 0 Å². The number of carbonyl (C=O) groups excluding carboxylic acids is 1. The molecule has 0 unspecified atom stereocenters. The van der Waals surface area contributed by atoms with Crippen LogP contribution in [0.1, 0.15) is 19.3 Å². The van der Waals surface area contributed by atoms with Crippen LogP contribution < -0.4 is 10.9 Å². The van der Waals surface area contributed by atoms with Gasteiger partial charge in [0.25, 0.3) is 5.56 Å². The van der Waals surface area contributed by atoms with Gasteiger partial charge < -0.3 is 10.4 Å². The van der Waals surface area contributed by atoms with E-state index in [-0.39, 0.29) is 55.2 Å². The van der Waals surface area contributed by atoms with Crippen LogP contribution in [0.25, 0.3) is 10.9 Å². The van der Waals surface area contributed by atoms with E-state index >= 15 is 0 Å². The molecule has 1 aromatic heterocycles. The molecule has 2 aromatic rings. The van der Waals surface area contributed by atoms with Crippen LogP contribution in [0.2, 0.25) is 0 Å². The summed E-state index contributed by atoms with van der Waals surface area (Å²) >= 11 is 0. The minimum absolute atomic E-state index is 0. The van der Waals surface area contributed by atoms with Crippen LogP contribution >= 0.6 is 24.8 Å². The molecule has 0 spiro atoms. The van der Waals surface area contributed by atoms with Crippen molar-refractivity contribution in [1.29, 1.82) is 0 Å². The molecule has 1 aliphatic rings. The molecule has 0 bridgehead atoms. The lowest BCUT2D eigenvalue weighted by atomic mass is 9.97. The number of rotatable bonds is 4. The summed E-state index contributed by atoms with van der Waals surface area (Å²) in [5.74, 6) is -0.148. The second-order valence-electron chi connectivity index (χ2n) is 5.58. The zero-order valence-electron chi connectivity index (χ0n) is 12.9. The Morgan fingerprint density at radius 1 is 1.33 bits per heavy atom. The van der Waals surface area contributed by atoms with Crippen LogP contribution in [-0.2, 0) is 11.3 Å². The van der Waals surface area contributed by atoms with Gasteiger partial charge in [0.05, 0.1) is 11.5 Å². The Labute approximate surface area is 151 Å². The predicted octanol–water partition coefficient (Wildman–Crippen LogP) is 0.707. The van der Waals surface area contributed by atoms with Gasteiger partial charge in [0, 0.05) is 12.5 Å². The van der Waals surface area contributed by atoms with E-state index in [9.17, 15) is 14.7 Å². The summed E-state index contributed by atoms with van der Waals surface area (Å²) in [6, 6.07) is 6.66. The number of aliphatic hydroxyl groups is 1. The number of fused-ring (bicyclic) bond motifs is 1. The van der Waals surface area contributed by atoms with Crippen LogP contribution in [0.4, 0.5) is 0 Å². The molecule has 7 nitrogen and oxygen atoms in total. The number of carbonyl (C=O) groups is 1. The van der Waals surface area contributed by atoms with E-state index in [0.717, 1.165) is 17.6 Å². The number of aromatic nitrogens is 3. The molecule has 1 saturated heterocycles. The molecule has 2 heterocycles. The number of halogens is 2. The fourth-order valence-corrected chi connectivity index (χ4v) is 2.75. The highest BCUT2D eigenvalue weighted by Crippen LogP contribution is 2.12. The number of nitrogens with one attached hydrogen (secondary N) is 1. The molecule has 1 fully saturated rings. The number of benzene rings is 1. The second-order valence-corrected chi connectivity index (χ2v) is 5.58. The van der Waals surface area contributed by atoms with E-state index < -0.39 is 6.10 Å². The molecule has 132 valence electrons. The minimum atomic E-state index is -0.517. The molecule has 0 radical (unpaired) electrons. The van der Waals surface area contributed by atoms with Gasteiger partial charge >= 0.3 is 0 Å². The Hall–Kier alpha value is -1.54. The maximum Gasteiger partial charge on any atom is 0.278 e. The summed E-state index contributed by atoms with van der Waals surface area (Å²) in [5.41, 5.74) is 0.191. The van der Waals surface area contributed by atoms with Gasteiger partial charge in [-0.15, -0.1) is 29.9 Å². The lowest BCUT2D eigenvalue weighted by Crippen LogP contribution is -2.46. The first-order chi connectivity index (χ1) is 10.6. The number of aliphatic hydroxyl groups excluding tert-OH is 1. The van der Waals surface area contributed by atoms with Crippen molar-refractivity contribution in [3.63, 3.8) is 0 Å². The van der Waals surface area contributed by atoms with E-state index in [0.29, 0.717) is 17.3 Å². The first kappa shape index (κ1) is 20.5. The molecule has 1 aliphatic heterocycles. The number of piperidine rings is 1. The Kier molecular flexibility index (Phi) is 7.75. The number of Topliss-reactive ketones (excluding diaryl/α,β-unsaturated/α-hetero) is 1. The van der Waals surface area contributed by atoms with Gasteiger partial charge in [-0.05, 0) is 31.5 Å². The van der Waals surface area contributed by atoms with Gasteiger partial charge in [-0.2, -0.15) is 0 Å². The molecular formula is C15H20Cl2N4O3. The molecule has 9 heteroatoms. The van der Waals surface area contributed by atoms with E-state index in [1.165, 1.54) is 0 Å². The molecule has 1 aromatic carbocycles. The van der Waals surface area contributed by atoms with Crippen molar-refractivity contribution >= 4 is 41.5 Å². The standard InChI is InChI=1S/C15H18N4O3.2ClH/c20-10(8-13-14(21)6-3-7-16-13)9-19-15(22)11-4-1-2-5-12(11)17-18-19;;/h1-2,4-5,13-14,16,21H,3,6-9H2;2*1H/t13-,14+;;/m1../s1. The van der Waals surface area contributed by atoms with Gasteiger partial charge in [-0.25, -0.2) is 4.68 Å². The van der Waals surface area contributed by atoms with Crippen LogP contribution in [0.15, 0.2) is 29.1 Å². The highest BCUT2D eigenvalue weighted by Gasteiger charge is 2.25. The van der Waals surface area contributed by atoms with Crippen molar-refractivity contribution in [2.45, 2.75) is 38.0 Å². The Morgan fingerprint density at radius 3 is 2.83 bits per heavy atom. The molecule has 0 saturated carbocycles. The van der Waals surface area contributed by atoms with Gasteiger partial charge in [-0.3, -0.25) is 9.59 Å². The van der Waals surface area contributed by atoms with E-state index in [1.807, 2.05) is 0 Å². The molecule has 0 amide bonds. The van der Waals surface area contributed by atoms with Crippen LogP contribution in [0.3, 0.4) is 0 Å². The SMILES string of the molecule is Cl.Cl.O=C(C[C@H]1NCCC[C@@H]1O)Cn1nnc2ccccc2c1=O. The summed E-state index contributed by atoms with van der Waals surface area (Å²) in [6.07, 6.45) is 1.27. The Morgan fingerprint density at radius 2 is 2.08 bits per heavy atom. The fraction of sp³-hybridized carbons (Fsp3) is 0.467. The average Bonchev–Trinajstić information content (AvgIpc) is 2.53. The predicted molar refractivity (Wildman–Crippen MR) is 94.9 cm³/mol. The van der Waals surface area contributed by atoms with Crippen LogP contribution in [0.5, 0.6) is 0 Å². The van der Waals surface area contributed by atoms with Crippen molar-refractivity contribution < 1.29 is 9.90 Å². The number of nitrogens with zero attached hydrogens (tertiary/aromatic N) is 3. The van der Waals surface area contributed by atoms with Crippen molar-refractivity contribution in [3.8, 4) is 0 Å². The summed E-state index contributed by atoms with van der Waals surface area (Å²) < 4.78 is 1.08. The smallest absolute Gasteiger partial charge is 0.278 e. The lowest BCUT2D eigenvalue weighted by Gasteiger charge is -2.28. The third kappa shape index (κ3) is 4.51. The average molecular weight is 375 g/mol. The lowest BCUT2D eigenvalue weighted by molar-refractivity contribution is -0.121. The third-order valence-corrected chi connectivity index (χ3v) is 3.95. The molecule has 3 rings (SSSR count). The first-order valence-corrected chi connectivity index (χ1v) is 7.41. The van der Waals surface area contributed by atoms with E-state index in [2.05, 4.69) is 15.6 Å². The monoisotopic (exact) mass is 374 g/mol. The summed E-state index contributed by atoms with van der Waals surface area (Å²) in [5, 5.41) is 21.2. The normalized spacial score (nSPS) is 20.0. The Bertz CT molecular complexity index is 753. The van der Waals surface area contributed by atoms with Crippen LogP contribution in [-0.4, -0.2) is 44.6 Å². The molecule has 24 heavy (non-hydrogen) atoms. The second kappa shape index (κ2) is 9.08. The summed E-state index contributed by atoms with van der Waals surface area (Å²) in [4.78, 5) is 24.4. The first-order valence-electron chi connectivity index (χ1n) is 7.41.